The Labute approximate surface area is 167 Å². The summed E-state index contributed by atoms with van der Waals surface area (Å²) < 4.78 is 6.95. The van der Waals surface area contributed by atoms with Crippen LogP contribution in [0, 0.1) is 13.8 Å². The van der Waals surface area contributed by atoms with Crippen LogP contribution in [0.25, 0.3) is 5.78 Å². The van der Waals surface area contributed by atoms with Crippen molar-refractivity contribution in [1.82, 2.24) is 24.5 Å². The molecule has 3 rings (SSSR count). The molecule has 0 aliphatic carbocycles. The maximum atomic E-state index is 12.5. The molecule has 3 aromatic rings. The molecule has 0 saturated heterocycles. The molecule has 0 atom stereocenters. The fourth-order valence-electron chi connectivity index (χ4n) is 2.75. The van der Waals surface area contributed by atoms with E-state index in [1.54, 1.807) is 38.4 Å². The number of nitrogens with two attached hydrogens (primary N) is 1. The SMILES string of the molecule is Cc1nc2nc(N)nn2c(C)c1CC(=O)Nc1ccc(OCC(=O)N(C)C)cc1. The third kappa shape index (κ3) is 4.60. The quantitative estimate of drug-likeness (QED) is 0.634. The Morgan fingerprint density at radius 2 is 1.86 bits per heavy atom. The highest BCUT2D eigenvalue weighted by Crippen LogP contribution is 2.18. The average Bonchev–Trinajstić information content (AvgIpc) is 3.04. The van der Waals surface area contributed by atoms with Crippen LogP contribution in [0.1, 0.15) is 17.0 Å². The van der Waals surface area contributed by atoms with Gasteiger partial charge in [0, 0.05) is 36.7 Å². The van der Waals surface area contributed by atoms with E-state index in [0.717, 1.165) is 11.3 Å². The van der Waals surface area contributed by atoms with Crippen molar-refractivity contribution in [2.75, 3.05) is 31.8 Å². The minimum atomic E-state index is -0.193. The van der Waals surface area contributed by atoms with Crippen LogP contribution in [0.2, 0.25) is 0 Å². The molecule has 0 radical (unpaired) electrons. The highest BCUT2D eigenvalue weighted by atomic mass is 16.5. The van der Waals surface area contributed by atoms with Gasteiger partial charge < -0.3 is 20.7 Å². The molecule has 0 aliphatic rings. The summed E-state index contributed by atoms with van der Waals surface area (Å²) in [6.07, 6.45) is 0.135. The van der Waals surface area contributed by atoms with Gasteiger partial charge in [0.2, 0.25) is 11.9 Å². The van der Waals surface area contributed by atoms with E-state index in [2.05, 4.69) is 20.4 Å². The largest absolute Gasteiger partial charge is 0.484 e. The summed E-state index contributed by atoms with van der Waals surface area (Å²) in [4.78, 5) is 33.9. The van der Waals surface area contributed by atoms with Gasteiger partial charge in [-0.25, -0.2) is 4.98 Å². The lowest BCUT2D eigenvalue weighted by molar-refractivity contribution is -0.130. The first-order valence-electron chi connectivity index (χ1n) is 8.96. The van der Waals surface area contributed by atoms with Crippen LogP contribution in [0.5, 0.6) is 5.75 Å². The molecule has 0 spiro atoms. The number of fused-ring (bicyclic) bond motifs is 1. The van der Waals surface area contributed by atoms with Gasteiger partial charge in [0.05, 0.1) is 6.42 Å². The number of likely N-dealkylation sites (N-methyl/N-ethyl adjacent to an activating group) is 1. The van der Waals surface area contributed by atoms with Gasteiger partial charge >= 0.3 is 0 Å². The molecule has 2 aromatic heterocycles. The molecule has 2 heterocycles. The van der Waals surface area contributed by atoms with E-state index in [1.807, 2.05) is 13.8 Å². The number of rotatable bonds is 6. The van der Waals surface area contributed by atoms with Crippen molar-refractivity contribution < 1.29 is 14.3 Å². The highest BCUT2D eigenvalue weighted by Gasteiger charge is 2.15. The number of benzene rings is 1. The van der Waals surface area contributed by atoms with Crippen molar-refractivity contribution in [2.45, 2.75) is 20.3 Å². The van der Waals surface area contributed by atoms with Gasteiger partial charge in [-0.05, 0) is 38.1 Å². The number of aryl methyl sites for hydroxylation is 2. The Kier molecular flexibility index (Phi) is 5.62. The van der Waals surface area contributed by atoms with Crippen LogP contribution >= 0.6 is 0 Å². The van der Waals surface area contributed by atoms with Crippen molar-refractivity contribution in [3.63, 3.8) is 0 Å². The van der Waals surface area contributed by atoms with Gasteiger partial charge in [-0.1, -0.05) is 0 Å². The molecule has 29 heavy (non-hydrogen) atoms. The average molecular weight is 397 g/mol. The number of nitrogen functional groups attached to an aromatic ring is 1. The summed E-state index contributed by atoms with van der Waals surface area (Å²) in [6, 6.07) is 6.82. The van der Waals surface area contributed by atoms with Crippen molar-refractivity contribution in [1.29, 1.82) is 0 Å². The third-order valence-corrected chi connectivity index (χ3v) is 4.40. The second kappa shape index (κ2) is 8.13. The van der Waals surface area contributed by atoms with Crippen LogP contribution < -0.4 is 15.8 Å². The van der Waals surface area contributed by atoms with Gasteiger partial charge in [-0.15, -0.1) is 5.10 Å². The first kappa shape index (κ1) is 20.1. The van der Waals surface area contributed by atoms with Crippen LogP contribution in [0.4, 0.5) is 11.6 Å². The van der Waals surface area contributed by atoms with E-state index in [4.69, 9.17) is 10.5 Å². The van der Waals surface area contributed by atoms with Gasteiger partial charge in [0.25, 0.3) is 11.7 Å². The van der Waals surface area contributed by atoms with Gasteiger partial charge in [0.1, 0.15) is 5.75 Å². The van der Waals surface area contributed by atoms with E-state index in [1.165, 1.54) is 9.42 Å². The fraction of sp³-hybridized carbons (Fsp3) is 0.316. The lowest BCUT2D eigenvalue weighted by atomic mass is 10.1. The highest BCUT2D eigenvalue weighted by molar-refractivity contribution is 5.92. The molecular weight excluding hydrogens is 374 g/mol. The number of hydrogen-bond donors (Lipinski definition) is 2. The van der Waals surface area contributed by atoms with Crippen LogP contribution in [0.15, 0.2) is 24.3 Å². The number of nitrogens with one attached hydrogen (secondary N) is 1. The predicted molar refractivity (Wildman–Crippen MR) is 108 cm³/mol. The van der Waals surface area contributed by atoms with Crippen LogP contribution in [-0.4, -0.2) is 57.0 Å². The fourth-order valence-corrected chi connectivity index (χ4v) is 2.75. The van der Waals surface area contributed by atoms with Crippen LogP contribution in [-0.2, 0) is 16.0 Å². The minimum absolute atomic E-state index is 0.0421. The number of hydrogen-bond acceptors (Lipinski definition) is 7. The molecular formula is C19H23N7O3. The van der Waals surface area contributed by atoms with E-state index in [0.29, 0.717) is 22.9 Å². The minimum Gasteiger partial charge on any atom is -0.484 e. The number of aromatic nitrogens is 4. The molecule has 2 amide bonds. The molecule has 0 saturated carbocycles. The number of amides is 2. The van der Waals surface area contributed by atoms with Crippen molar-refractivity contribution in [3.8, 4) is 5.75 Å². The normalized spacial score (nSPS) is 10.8. The van der Waals surface area contributed by atoms with Crippen molar-refractivity contribution >= 4 is 29.2 Å². The molecule has 0 aliphatic heterocycles. The summed E-state index contributed by atoms with van der Waals surface area (Å²) >= 11 is 0. The number of carbonyl (C=O) groups excluding carboxylic acids is 2. The lowest BCUT2D eigenvalue weighted by Crippen LogP contribution is -2.27. The van der Waals surface area contributed by atoms with Gasteiger partial charge in [-0.2, -0.15) is 9.50 Å². The molecule has 3 N–H and O–H groups in total. The molecule has 152 valence electrons. The standard InChI is InChI=1S/C19H23N7O3/c1-11-15(12(2)26-19(21-11)23-18(20)24-26)9-16(27)22-13-5-7-14(8-6-13)29-10-17(28)25(3)4/h5-8H,9-10H2,1-4H3,(H2,20,24)(H,22,27). The second-order valence-electron chi connectivity index (χ2n) is 6.77. The zero-order valence-corrected chi connectivity index (χ0v) is 16.8. The summed E-state index contributed by atoms with van der Waals surface area (Å²) in [6.45, 7) is 3.63. The molecule has 1 aromatic carbocycles. The predicted octanol–water partition coefficient (Wildman–Crippen LogP) is 0.972. The van der Waals surface area contributed by atoms with Crippen molar-refractivity contribution in [2.24, 2.45) is 0 Å². The molecule has 10 heteroatoms. The monoisotopic (exact) mass is 397 g/mol. The lowest BCUT2D eigenvalue weighted by Gasteiger charge is -2.12. The summed E-state index contributed by atoms with van der Waals surface area (Å²) in [5, 5.41) is 6.95. The Hall–Kier alpha value is -3.69. The van der Waals surface area contributed by atoms with Crippen molar-refractivity contribution in [3.05, 3.63) is 41.2 Å². The Morgan fingerprint density at radius 3 is 2.52 bits per heavy atom. The number of carbonyl (C=O) groups is 2. The Balaban J connectivity index is 1.65. The van der Waals surface area contributed by atoms with Gasteiger partial charge in [0.15, 0.2) is 6.61 Å². The number of ether oxygens (including phenoxy) is 1. The summed E-state index contributed by atoms with van der Waals surface area (Å²) in [5.41, 5.74) is 8.49. The summed E-state index contributed by atoms with van der Waals surface area (Å²) in [7, 11) is 3.33. The molecule has 10 nitrogen and oxygen atoms in total. The second-order valence-corrected chi connectivity index (χ2v) is 6.77. The van der Waals surface area contributed by atoms with Crippen LogP contribution in [0.3, 0.4) is 0 Å². The van der Waals surface area contributed by atoms with E-state index in [-0.39, 0.29) is 30.8 Å². The maximum absolute atomic E-state index is 12.5. The molecule has 0 bridgehead atoms. The number of nitrogens with zero attached hydrogens (tertiary/aromatic N) is 5. The molecule has 0 unspecified atom stereocenters. The Morgan fingerprint density at radius 1 is 1.17 bits per heavy atom. The smallest absolute Gasteiger partial charge is 0.259 e. The summed E-state index contributed by atoms with van der Waals surface area (Å²) in [5.74, 6) is 0.763. The first-order chi connectivity index (χ1) is 13.7. The van der Waals surface area contributed by atoms with Gasteiger partial charge in [-0.3, -0.25) is 9.59 Å². The van der Waals surface area contributed by atoms with E-state index in [9.17, 15) is 9.59 Å². The Bertz CT molecular complexity index is 1060. The number of anilines is 2. The van der Waals surface area contributed by atoms with E-state index < -0.39 is 0 Å². The zero-order valence-electron chi connectivity index (χ0n) is 16.8. The molecule has 0 fully saturated rings. The van der Waals surface area contributed by atoms with E-state index >= 15 is 0 Å². The zero-order chi connectivity index (χ0) is 21.1. The topological polar surface area (TPSA) is 128 Å². The first-order valence-corrected chi connectivity index (χ1v) is 8.96. The maximum Gasteiger partial charge on any atom is 0.259 e. The third-order valence-electron chi connectivity index (χ3n) is 4.40.